The van der Waals surface area contributed by atoms with Crippen molar-refractivity contribution < 1.29 is 4.39 Å². The van der Waals surface area contributed by atoms with Gasteiger partial charge in [-0.2, -0.15) is 0 Å². The Bertz CT molecular complexity index is 935. The second-order valence-electron chi connectivity index (χ2n) is 5.13. The van der Waals surface area contributed by atoms with Gasteiger partial charge in [0.05, 0.1) is 11.0 Å². The molecule has 0 fully saturated rings. The van der Waals surface area contributed by atoms with E-state index < -0.39 is 0 Å². The van der Waals surface area contributed by atoms with Gasteiger partial charge >= 0.3 is 0 Å². The third kappa shape index (κ3) is 2.07. The first-order valence-corrected chi connectivity index (χ1v) is 6.88. The average Bonchev–Trinajstić information content (AvgIpc) is 2.90. The standard InChI is InChI=1S/C18H13FN2/c19-15-6-5-13-8-10-21(18(13)11-15)12-14-7-9-20-17-4-2-1-3-16(14)17/h1-11H,12H2. The molecular weight excluding hydrogens is 263 g/mol. The summed E-state index contributed by atoms with van der Waals surface area (Å²) in [6.07, 6.45) is 3.82. The largest absolute Gasteiger partial charge is 0.343 e. The summed E-state index contributed by atoms with van der Waals surface area (Å²) in [6.45, 7) is 0.704. The monoisotopic (exact) mass is 276 g/mol. The number of hydrogen-bond acceptors (Lipinski definition) is 1. The quantitative estimate of drug-likeness (QED) is 0.531. The van der Waals surface area contributed by atoms with Gasteiger partial charge in [-0.3, -0.25) is 4.98 Å². The zero-order valence-electron chi connectivity index (χ0n) is 11.3. The molecule has 4 aromatic rings. The van der Waals surface area contributed by atoms with E-state index in [-0.39, 0.29) is 5.82 Å². The maximum Gasteiger partial charge on any atom is 0.125 e. The number of halogens is 1. The maximum absolute atomic E-state index is 13.5. The molecule has 0 aliphatic heterocycles. The Morgan fingerprint density at radius 2 is 1.90 bits per heavy atom. The first-order valence-electron chi connectivity index (χ1n) is 6.88. The lowest BCUT2D eigenvalue weighted by Gasteiger charge is -2.09. The van der Waals surface area contributed by atoms with Crippen LogP contribution in [-0.2, 0) is 6.54 Å². The van der Waals surface area contributed by atoms with Crippen molar-refractivity contribution in [3.8, 4) is 0 Å². The van der Waals surface area contributed by atoms with E-state index in [0.717, 1.165) is 21.8 Å². The van der Waals surface area contributed by atoms with E-state index in [2.05, 4.69) is 15.6 Å². The van der Waals surface area contributed by atoms with Gasteiger partial charge in [-0.25, -0.2) is 4.39 Å². The minimum atomic E-state index is -0.206. The van der Waals surface area contributed by atoms with E-state index >= 15 is 0 Å². The lowest BCUT2D eigenvalue weighted by Crippen LogP contribution is -1.99. The lowest BCUT2D eigenvalue weighted by atomic mass is 10.1. The molecule has 0 saturated carbocycles. The van der Waals surface area contributed by atoms with Gasteiger partial charge in [0.2, 0.25) is 0 Å². The van der Waals surface area contributed by atoms with Gasteiger partial charge in [0.15, 0.2) is 0 Å². The van der Waals surface area contributed by atoms with Gasteiger partial charge in [0.1, 0.15) is 5.82 Å². The molecule has 2 nitrogen and oxygen atoms in total. The summed E-state index contributed by atoms with van der Waals surface area (Å²) in [5.41, 5.74) is 3.08. The van der Waals surface area contributed by atoms with Crippen LogP contribution in [0.1, 0.15) is 5.56 Å². The summed E-state index contributed by atoms with van der Waals surface area (Å²) in [5, 5.41) is 2.19. The molecule has 102 valence electrons. The van der Waals surface area contributed by atoms with E-state index in [1.807, 2.05) is 48.8 Å². The van der Waals surface area contributed by atoms with Crippen molar-refractivity contribution in [3.05, 3.63) is 78.4 Å². The number of rotatable bonds is 2. The first-order chi connectivity index (χ1) is 10.3. The van der Waals surface area contributed by atoms with Crippen LogP contribution in [0.25, 0.3) is 21.8 Å². The summed E-state index contributed by atoms with van der Waals surface area (Å²) in [6, 6.07) is 17.0. The van der Waals surface area contributed by atoms with Crippen LogP contribution in [0.5, 0.6) is 0 Å². The number of benzene rings is 2. The van der Waals surface area contributed by atoms with Crippen LogP contribution in [0.2, 0.25) is 0 Å². The minimum Gasteiger partial charge on any atom is -0.343 e. The van der Waals surface area contributed by atoms with Crippen molar-refractivity contribution in [2.75, 3.05) is 0 Å². The second-order valence-corrected chi connectivity index (χ2v) is 5.13. The van der Waals surface area contributed by atoms with E-state index in [1.165, 1.54) is 11.6 Å². The van der Waals surface area contributed by atoms with Gasteiger partial charge in [-0.1, -0.05) is 18.2 Å². The third-order valence-corrected chi connectivity index (χ3v) is 3.82. The summed E-state index contributed by atoms with van der Waals surface area (Å²) >= 11 is 0. The molecule has 0 spiro atoms. The number of pyridine rings is 1. The molecule has 0 amide bonds. The van der Waals surface area contributed by atoms with Crippen LogP contribution >= 0.6 is 0 Å². The fraction of sp³-hybridized carbons (Fsp3) is 0.0556. The fourth-order valence-corrected chi connectivity index (χ4v) is 2.77. The van der Waals surface area contributed by atoms with Crippen molar-refractivity contribution in [2.45, 2.75) is 6.54 Å². The molecule has 3 heteroatoms. The number of nitrogens with zero attached hydrogens (tertiary/aromatic N) is 2. The molecule has 0 atom stereocenters. The maximum atomic E-state index is 13.5. The topological polar surface area (TPSA) is 17.8 Å². The van der Waals surface area contributed by atoms with Gasteiger partial charge in [-0.15, -0.1) is 0 Å². The Balaban J connectivity index is 1.85. The zero-order chi connectivity index (χ0) is 14.2. The van der Waals surface area contributed by atoms with Crippen molar-refractivity contribution in [1.29, 1.82) is 0 Å². The molecule has 4 rings (SSSR count). The van der Waals surface area contributed by atoms with Gasteiger partial charge < -0.3 is 4.57 Å². The molecular formula is C18H13FN2. The average molecular weight is 276 g/mol. The van der Waals surface area contributed by atoms with Gasteiger partial charge in [0.25, 0.3) is 0 Å². The number of para-hydroxylation sites is 1. The van der Waals surface area contributed by atoms with Crippen LogP contribution in [0.15, 0.2) is 67.0 Å². The summed E-state index contributed by atoms with van der Waals surface area (Å²) in [5.74, 6) is -0.206. The summed E-state index contributed by atoms with van der Waals surface area (Å²) < 4.78 is 15.5. The molecule has 0 N–H and O–H groups in total. The van der Waals surface area contributed by atoms with Crippen LogP contribution in [0, 0.1) is 5.82 Å². The molecule has 0 bridgehead atoms. The normalized spacial score (nSPS) is 11.3. The van der Waals surface area contributed by atoms with Gasteiger partial charge in [0, 0.05) is 24.3 Å². The molecule has 0 saturated heterocycles. The Kier molecular flexibility index (Phi) is 2.71. The fourth-order valence-electron chi connectivity index (χ4n) is 2.77. The van der Waals surface area contributed by atoms with Crippen LogP contribution in [-0.4, -0.2) is 9.55 Å². The highest BCUT2D eigenvalue weighted by atomic mass is 19.1. The van der Waals surface area contributed by atoms with Crippen LogP contribution < -0.4 is 0 Å². The van der Waals surface area contributed by atoms with E-state index in [0.29, 0.717) is 6.54 Å². The highest BCUT2D eigenvalue weighted by Crippen LogP contribution is 2.21. The van der Waals surface area contributed by atoms with Crippen LogP contribution in [0.3, 0.4) is 0 Å². The van der Waals surface area contributed by atoms with E-state index in [9.17, 15) is 4.39 Å². The molecule has 0 aliphatic rings. The van der Waals surface area contributed by atoms with E-state index in [1.54, 1.807) is 6.07 Å². The predicted molar refractivity (Wildman–Crippen MR) is 82.7 cm³/mol. The van der Waals surface area contributed by atoms with Gasteiger partial charge in [-0.05, 0) is 47.3 Å². The molecule has 2 heterocycles. The first kappa shape index (κ1) is 12.1. The van der Waals surface area contributed by atoms with Crippen LogP contribution in [0.4, 0.5) is 4.39 Å². The number of hydrogen-bond donors (Lipinski definition) is 0. The Hall–Kier alpha value is -2.68. The molecule has 21 heavy (non-hydrogen) atoms. The predicted octanol–water partition coefficient (Wildman–Crippen LogP) is 4.38. The molecule has 2 aromatic carbocycles. The molecule has 0 radical (unpaired) electrons. The smallest absolute Gasteiger partial charge is 0.125 e. The lowest BCUT2D eigenvalue weighted by molar-refractivity contribution is 0.628. The summed E-state index contributed by atoms with van der Waals surface area (Å²) in [4.78, 5) is 4.38. The Morgan fingerprint density at radius 3 is 2.86 bits per heavy atom. The number of fused-ring (bicyclic) bond motifs is 2. The summed E-state index contributed by atoms with van der Waals surface area (Å²) in [7, 11) is 0. The molecule has 0 unspecified atom stereocenters. The van der Waals surface area contributed by atoms with E-state index in [4.69, 9.17) is 0 Å². The highest BCUT2D eigenvalue weighted by Gasteiger charge is 2.06. The SMILES string of the molecule is Fc1ccc2ccn(Cc3ccnc4ccccc34)c2c1. The van der Waals surface area contributed by atoms with Crippen molar-refractivity contribution in [2.24, 2.45) is 0 Å². The minimum absolute atomic E-state index is 0.206. The Morgan fingerprint density at radius 1 is 1.00 bits per heavy atom. The molecule has 0 aliphatic carbocycles. The second kappa shape index (κ2) is 4.70. The number of aromatic nitrogens is 2. The van der Waals surface area contributed by atoms with Crippen molar-refractivity contribution in [1.82, 2.24) is 9.55 Å². The highest BCUT2D eigenvalue weighted by molar-refractivity contribution is 5.83. The third-order valence-electron chi connectivity index (χ3n) is 3.82. The zero-order valence-corrected chi connectivity index (χ0v) is 11.3. The van der Waals surface area contributed by atoms with Crippen molar-refractivity contribution in [3.63, 3.8) is 0 Å². The Labute approximate surface area is 121 Å². The molecule has 2 aromatic heterocycles. The van der Waals surface area contributed by atoms with Crippen molar-refractivity contribution >= 4 is 21.8 Å².